The largest absolute Gasteiger partial charge is 0.497 e. The van der Waals surface area contributed by atoms with E-state index in [1.54, 1.807) is 11.1 Å². The van der Waals surface area contributed by atoms with Crippen molar-refractivity contribution in [3.05, 3.63) is 41.5 Å². The van der Waals surface area contributed by atoms with E-state index in [1.807, 2.05) is 0 Å². The van der Waals surface area contributed by atoms with Gasteiger partial charge in [0.2, 0.25) is 0 Å². The van der Waals surface area contributed by atoms with Gasteiger partial charge in [-0.2, -0.15) is 0 Å². The van der Waals surface area contributed by atoms with Crippen molar-refractivity contribution >= 4 is 34.4 Å². The van der Waals surface area contributed by atoms with Gasteiger partial charge in [0.25, 0.3) is 0 Å². The quantitative estimate of drug-likeness (QED) is 0.325. The van der Waals surface area contributed by atoms with Crippen LogP contribution in [-0.4, -0.2) is 23.3 Å². The lowest BCUT2D eigenvalue weighted by Crippen LogP contribution is -2.49. The van der Waals surface area contributed by atoms with Gasteiger partial charge in [0.05, 0.1) is 11.2 Å². The summed E-state index contributed by atoms with van der Waals surface area (Å²) in [5, 5.41) is 2.84. The van der Waals surface area contributed by atoms with Gasteiger partial charge in [0.1, 0.15) is 0 Å². The van der Waals surface area contributed by atoms with E-state index in [0.29, 0.717) is 10.8 Å². The average Bonchev–Trinajstić information content (AvgIpc) is 3.38. The van der Waals surface area contributed by atoms with Crippen LogP contribution >= 0.6 is 0 Å². The Morgan fingerprint density at radius 3 is 1.55 bits per heavy atom. The minimum atomic E-state index is -0.349. The zero-order valence-corrected chi connectivity index (χ0v) is 26.2. The highest BCUT2D eigenvalue weighted by Gasteiger charge is 2.55. The van der Waals surface area contributed by atoms with Crippen LogP contribution < -0.4 is 5.46 Å². The number of nitrogens with one attached hydrogen (secondary N) is 1. The average molecular weight is 562 g/mol. The van der Waals surface area contributed by atoms with Crippen LogP contribution in [0.15, 0.2) is 30.3 Å². The summed E-state index contributed by atoms with van der Waals surface area (Å²) >= 11 is 0. The molecule has 3 nitrogen and oxygen atoms in total. The second-order valence-corrected chi connectivity index (χ2v) is 17.9. The molecule has 8 saturated carbocycles. The number of rotatable bonds is 3. The minimum absolute atomic E-state index is 0.336. The van der Waals surface area contributed by atoms with Crippen molar-refractivity contribution in [3.63, 3.8) is 0 Å². The number of H-pyrrole nitrogens is 1. The van der Waals surface area contributed by atoms with Crippen LogP contribution in [0.5, 0.6) is 0 Å². The second-order valence-electron chi connectivity index (χ2n) is 17.9. The second kappa shape index (κ2) is 8.08. The summed E-state index contributed by atoms with van der Waals surface area (Å²) in [5.41, 5.74) is 7.01. The summed E-state index contributed by atoms with van der Waals surface area (Å²) in [5.74, 6) is 5.68. The summed E-state index contributed by atoms with van der Waals surface area (Å²) in [4.78, 5) is 3.92. The van der Waals surface area contributed by atoms with Crippen LogP contribution in [0.2, 0.25) is 0 Å². The van der Waals surface area contributed by atoms with E-state index >= 15 is 0 Å². The molecule has 8 bridgehead atoms. The van der Waals surface area contributed by atoms with Crippen LogP contribution in [0.3, 0.4) is 0 Å². The Labute approximate surface area is 252 Å². The molecule has 0 amide bonds. The van der Waals surface area contributed by atoms with E-state index in [4.69, 9.17) is 9.31 Å². The van der Waals surface area contributed by atoms with Crippen molar-refractivity contribution in [1.82, 2.24) is 4.98 Å². The van der Waals surface area contributed by atoms with Crippen molar-refractivity contribution in [2.75, 3.05) is 0 Å². The molecular formula is C38H48BNO2. The molecule has 4 heteroatoms. The molecule has 1 saturated heterocycles. The number of hydrogen-bond donors (Lipinski definition) is 1. The van der Waals surface area contributed by atoms with Gasteiger partial charge in [-0.25, -0.2) is 0 Å². The molecule has 3 aromatic rings. The normalized spacial score (nSPS) is 42.4. The predicted octanol–water partition coefficient (Wildman–Crippen LogP) is 8.56. The minimum Gasteiger partial charge on any atom is -0.399 e. The first-order valence-corrected chi connectivity index (χ1v) is 17.5. The highest BCUT2D eigenvalue weighted by molar-refractivity contribution is 6.65. The van der Waals surface area contributed by atoms with Crippen molar-refractivity contribution in [2.45, 2.75) is 127 Å². The fourth-order valence-corrected chi connectivity index (χ4v) is 12.7. The van der Waals surface area contributed by atoms with Crippen LogP contribution in [0.4, 0.5) is 0 Å². The molecule has 1 aromatic heterocycles. The first-order chi connectivity index (χ1) is 20.1. The zero-order valence-electron chi connectivity index (χ0n) is 26.2. The maximum atomic E-state index is 6.77. The number of fused-ring (bicyclic) bond motifs is 3. The topological polar surface area (TPSA) is 34.2 Å². The van der Waals surface area contributed by atoms with Crippen LogP contribution in [0, 0.1) is 35.5 Å². The third-order valence-electron chi connectivity index (χ3n) is 14.5. The van der Waals surface area contributed by atoms with Crippen molar-refractivity contribution < 1.29 is 9.31 Å². The van der Waals surface area contributed by atoms with Gasteiger partial charge < -0.3 is 14.3 Å². The molecule has 1 aliphatic heterocycles. The fourth-order valence-electron chi connectivity index (χ4n) is 12.7. The lowest BCUT2D eigenvalue weighted by Gasteiger charge is -2.57. The lowest BCUT2D eigenvalue weighted by atomic mass is 9.47. The molecule has 0 unspecified atom stereocenters. The van der Waals surface area contributed by atoms with E-state index in [-0.39, 0.29) is 18.3 Å². The van der Waals surface area contributed by atoms with Crippen molar-refractivity contribution in [1.29, 1.82) is 0 Å². The zero-order chi connectivity index (χ0) is 28.2. The molecule has 9 aliphatic rings. The predicted molar refractivity (Wildman–Crippen MR) is 171 cm³/mol. The fraction of sp³-hybridized carbons (Fsp3) is 0.684. The Bertz CT molecular complexity index is 1540. The third-order valence-corrected chi connectivity index (χ3v) is 14.5. The Kier molecular flexibility index (Phi) is 4.91. The molecule has 2 aromatic carbocycles. The summed E-state index contributed by atoms with van der Waals surface area (Å²) in [7, 11) is -0.345. The highest BCUT2D eigenvalue weighted by Crippen LogP contribution is 2.62. The number of hydrogen-bond acceptors (Lipinski definition) is 2. The first kappa shape index (κ1) is 25.5. The smallest absolute Gasteiger partial charge is 0.399 e. The number of aromatic nitrogens is 1. The monoisotopic (exact) mass is 561 g/mol. The van der Waals surface area contributed by atoms with E-state index in [2.05, 4.69) is 63.0 Å². The first-order valence-electron chi connectivity index (χ1n) is 17.5. The maximum Gasteiger partial charge on any atom is 0.497 e. The van der Waals surface area contributed by atoms with Crippen LogP contribution in [0.1, 0.15) is 116 Å². The molecule has 12 rings (SSSR count). The highest BCUT2D eigenvalue weighted by atomic mass is 16.7. The van der Waals surface area contributed by atoms with Crippen molar-refractivity contribution in [2.24, 2.45) is 35.5 Å². The molecule has 220 valence electrons. The number of benzene rings is 2. The Morgan fingerprint density at radius 1 is 0.595 bits per heavy atom. The van der Waals surface area contributed by atoms with Gasteiger partial charge in [-0.05, 0) is 180 Å². The van der Waals surface area contributed by atoms with Gasteiger partial charge in [0, 0.05) is 27.3 Å². The van der Waals surface area contributed by atoms with Gasteiger partial charge >= 0.3 is 7.12 Å². The molecule has 0 spiro atoms. The van der Waals surface area contributed by atoms with E-state index in [9.17, 15) is 0 Å². The van der Waals surface area contributed by atoms with Crippen molar-refractivity contribution in [3.8, 4) is 0 Å². The Hall–Kier alpha value is -1.78. The molecule has 1 N–H and O–H groups in total. The maximum absolute atomic E-state index is 6.77. The SMILES string of the molecule is CC1(C)OB(c2cc(C34CC5CC(CC(C5)C3)C4)cc3c2[nH]c2ccc(C45CC6CC(CC(C6)C4)C5)cc23)OC1(C)C. The van der Waals surface area contributed by atoms with Gasteiger partial charge in [-0.3, -0.25) is 0 Å². The summed E-state index contributed by atoms with van der Waals surface area (Å²) in [6.07, 6.45) is 17.4. The summed E-state index contributed by atoms with van der Waals surface area (Å²) in [6.45, 7) is 8.76. The molecule has 0 radical (unpaired) electrons. The van der Waals surface area contributed by atoms with Gasteiger partial charge in [-0.1, -0.05) is 12.1 Å². The van der Waals surface area contributed by atoms with Crippen LogP contribution in [-0.2, 0) is 20.1 Å². The summed E-state index contributed by atoms with van der Waals surface area (Å²) < 4.78 is 13.5. The molecular weight excluding hydrogens is 513 g/mol. The van der Waals surface area contributed by atoms with E-state index in [1.165, 1.54) is 104 Å². The summed E-state index contributed by atoms with van der Waals surface area (Å²) in [6, 6.07) is 12.7. The third kappa shape index (κ3) is 3.43. The standard InChI is InChI=1S/C38H48BNO2/c1-35(2)36(3,4)42-39(41-35)32-15-29(38-19-25-10-26(20-38)12-27(11-25)21-38)14-31-30-13-28(5-6-33(30)40-34(31)32)37-16-22-7-23(17-37)9-24(8-22)18-37/h5-6,13-15,22-27,40H,7-12,16-21H2,1-4H3. The lowest BCUT2D eigenvalue weighted by molar-refractivity contribution is -0.00527. The van der Waals surface area contributed by atoms with Crippen LogP contribution in [0.25, 0.3) is 21.8 Å². The molecule has 8 aliphatic carbocycles. The molecule has 42 heavy (non-hydrogen) atoms. The molecule has 0 atom stereocenters. The van der Waals surface area contributed by atoms with E-state index < -0.39 is 0 Å². The number of aromatic amines is 1. The Morgan fingerprint density at radius 2 is 1.05 bits per heavy atom. The molecule has 9 fully saturated rings. The Balaban J connectivity index is 1.16. The van der Waals surface area contributed by atoms with Gasteiger partial charge in [0.15, 0.2) is 0 Å². The van der Waals surface area contributed by atoms with Gasteiger partial charge in [-0.15, -0.1) is 0 Å². The van der Waals surface area contributed by atoms with E-state index in [0.717, 1.165) is 35.5 Å². The molecule has 2 heterocycles.